The Morgan fingerprint density at radius 2 is 2.29 bits per heavy atom. The van der Waals surface area contributed by atoms with Crippen LogP contribution in [0.1, 0.15) is 13.3 Å². The average molecular weight is 196 g/mol. The van der Waals surface area contributed by atoms with Gasteiger partial charge in [0.05, 0.1) is 25.0 Å². The van der Waals surface area contributed by atoms with Gasteiger partial charge in [0.2, 0.25) is 0 Å². The van der Waals surface area contributed by atoms with E-state index >= 15 is 0 Å². The van der Waals surface area contributed by atoms with Crippen LogP contribution in [0.2, 0.25) is 0 Å². The first-order valence-corrected chi connectivity index (χ1v) is 4.59. The molecule has 1 aromatic heterocycles. The molecule has 78 valence electrons. The molecule has 14 heavy (non-hydrogen) atoms. The van der Waals surface area contributed by atoms with E-state index in [1.54, 1.807) is 13.3 Å². The largest absolute Gasteiger partial charge is 0.383 e. The molecule has 0 amide bonds. The van der Waals surface area contributed by atoms with E-state index in [0.29, 0.717) is 12.4 Å². The summed E-state index contributed by atoms with van der Waals surface area (Å²) >= 11 is 0. The zero-order valence-electron chi connectivity index (χ0n) is 8.53. The number of aromatic nitrogens is 2. The third kappa shape index (κ3) is 3.18. The monoisotopic (exact) mass is 196 g/mol. The molecule has 0 fully saturated rings. The molecule has 0 aliphatic carbocycles. The third-order valence-corrected chi connectivity index (χ3v) is 1.88. The van der Waals surface area contributed by atoms with Gasteiger partial charge in [-0.1, -0.05) is 6.92 Å². The molecular formula is C9H16N4O. The third-order valence-electron chi connectivity index (χ3n) is 1.88. The summed E-state index contributed by atoms with van der Waals surface area (Å²) in [4.78, 5) is 8.03. The van der Waals surface area contributed by atoms with Crippen molar-refractivity contribution < 1.29 is 4.74 Å². The molecule has 1 rings (SSSR count). The van der Waals surface area contributed by atoms with Crippen molar-refractivity contribution in [1.29, 1.82) is 0 Å². The quantitative estimate of drug-likeness (QED) is 0.731. The van der Waals surface area contributed by atoms with Gasteiger partial charge in [0, 0.05) is 7.11 Å². The van der Waals surface area contributed by atoms with Crippen LogP contribution in [-0.2, 0) is 4.74 Å². The van der Waals surface area contributed by atoms with E-state index in [9.17, 15) is 0 Å². The maximum atomic E-state index is 5.42. The molecule has 1 atom stereocenters. The average Bonchev–Trinajstić information content (AvgIpc) is 2.20. The molecule has 0 aliphatic heterocycles. The second kappa shape index (κ2) is 5.39. The van der Waals surface area contributed by atoms with Crippen molar-refractivity contribution >= 4 is 11.6 Å². The van der Waals surface area contributed by atoms with Gasteiger partial charge >= 0.3 is 0 Å². The number of hydrogen-bond acceptors (Lipinski definition) is 5. The van der Waals surface area contributed by atoms with Gasteiger partial charge in [-0.15, -0.1) is 0 Å². The molecule has 5 heteroatoms. The summed E-state index contributed by atoms with van der Waals surface area (Å²) in [6.45, 7) is 2.74. The van der Waals surface area contributed by atoms with Crippen molar-refractivity contribution in [1.82, 2.24) is 9.97 Å². The minimum atomic E-state index is 0.262. The van der Waals surface area contributed by atoms with Crippen molar-refractivity contribution in [2.24, 2.45) is 0 Å². The highest BCUT2D eigenvalue weighted by molar-refractivity contribution is 5.36. The summed E-state index contributed by atoms with van der Waals surface area (Å²) in [7, 11) is 1.68. The number of ether oxygens (including phenoxy) is 1. The van der Waals surface area contributed by atoms with E-state index in [1.807, 2.05) is 0 Å². The van der Waals surface area contributed by atoms with Crippen molar-refractivity contribution in [3.05, 3.63) is 12.4 Å². The Morgan fingerprint density at radius 3 is 2.79 bits per heavy atom. The molecule has 0 bridgehead atoms. The summed E-state index contributed by atoms with van der Waals surface area (Å²) < 4.78 is 5.06. The zero-order chi connectivity index (χ0) is 10.4. The van der Waals surface area contributed by atoms with Crippen LogP contribution < -0.4 is 11.1 Å². The van der Waals surface area contributed by atoms with Gasteiger partial charge in [-0.2, -0.15) is 0 Å². The van der Waals surface area contributed by atoms with E-state index in [-0.39, 0.29) is 6.04 Å². The van der Waals surface area contributed by atoms with E-state index in [2.05, 4.69) is 22.2 Å². The van der Waals surface area contributed by atoms with Crippen LogP contribution in [0.5, 0.6) is 0 Å². The standard InChI is InChI=1S/C9H16N4O/c1-3-7(6-14-2)13-9-5-11-8(10)4-12-9/h4-5,7H,3,6H2,1-2H3,(H2,10,11)(H,12,13). The maximum absolute atomic E-state index is 5.42. The predicted octanol–water partition coefficient (Wildman–Crippen LogP) is 0.896. The molecule has 0 radical (unpaired) electrons. The zero-order valence-corrected chi connectivity index (χ0v) is 8.53. The Balaban J connectivity index is 2.53. The Labute approximate surface area is 83.7 Å². The lowest BCUT2D eigenvalue weighted by atomic mass is 10.2. The second-order valence-electron chi connectivity index (χ2n) is 3.03. The summed E-state index contributed by atoms with van der Waals surface area (Å²) in [5.74, 6) is 1.15. The van der Waals surface area contributed by atoms with Crippen LogP contribution >= 0.6 is 0 Å². The minimum Gasteiger partial charge on any atom is -0.383 e. The number of nitrogens with zero attached hydrogens (tertiary/aromatic N) is 2. The number of rotatable bonds is 5. The van der Waals surface area contributed by atoms with Crippen LogP contribution in [0.4, 0.5) is 11.6 Å². The number of anilines is 2. The second-order valence-corrected chi connectivity index (χ2v) is 3.03. The SMILES string of the molecule is CCC(COC)Nc1cnc(N)cn1. The number of nitrogens with two attached hydrogens (primary N) is 1. The van der Waals surface area contributed by atoms with Crippen molar-refractivity contribution in [3.8, 4) is 0 Å². The van der Waals surface area contributed by atoms with Crippen LogP contribution in [0.3, 0.4) is 0 Å². The van der Waals surface area contributed by atoms with Gasteiger partial charge < -0.3 is 15.8 Å². The highest BCUT2D eigenvalue weighted by Gasteiger charge is 2.05. The summed E-state index contributed by atoms with van der Waals surface area (Å²) in [5.41, 5.74) is 5.42. The van der Waals surface area contributed by atoms with Gasteiger partial charge in [0.25, 0.3) is 0 Å². The molecule has 0 saturated carbocycles. The Hall–Kier alpha value is -1.36. The lowest BCUT2D eigenvalue weighted by molar-refractivity contribution is 0.184. The van der Waals surface area contributed by atoms with E-state index in [4.69, 9.17) is 10.5 Å². The maximum Gasteiger partial charge on any atom is 0.144 e. The molecule has 0 aliphatic rings. The molecule has 1 aromatic rings. The molecule has 1 heterocycles. The first-order chi connectivity index (χ1) is 6.76. The highest BCUT2D eigenvalue weighted by atomic mass is 16.5. The van der Waals surface area contributed by atoms with Crippen LogP contribution in [-0.4, -0.2) is 29.7 Å². The molecule has 3 N–H and O–H groups in total. The Kier molecular flexibility index (Phi) is 4.12. The lowest BCUT2D eigenvalue weighted by Gasteiger charge is -2.15. The van der Waals surface area contributed by atoms with Crippen molar-refractivity contribution in [3.63, 3.8) is 0 Å². The van der Waals surface area contributed by atoms with Gasteiger partial charge in [-0.25, -0.2) is 9.97 Å². The fourth-order valence-electron chi connectivity index (χ4n) is 1.08. The number of hydrogen-bond donors (Lipinski definition) is 2. The smallest absolute Gasteiger partial charge is 0.144 e. The van der Waals surface area contributed by atoms with Gasteiger partial charge in [0.15, 0.2) is 0 Å². The lowest BCUT2D eigenvalue weighted by Crippen LogP contribution is -2.24. The molecule has 0 saturated heterocycles. The van der Waals surface area contributed by atoms with Crippen molar-refractivity contribution in [2.45, 2.75) is 19.4 Å². The van der Waals surface area contributed by atoms with Gasteiger partial charge in [-0.3, -0.25) is 0 Å². The molecule has 0 aromatic carbocycles. The Bertz CT molecular complexity index is 262. The van der Waals surface area contributed by atoms with Gasteiger partial charge in [-0.05, 0) is 6.42 Å². The summed E-state index contributed by atoms with van der Waals surface area (Å²) in [6, 6.07) is 0.262. The number of methoxy groups -OCH3 is 1. The van der Waals surface area contributed by atoms with E-state index < -0.39 is 0 Å². The number of nitrogen functional groups attached to an aromatic ring is 1. The minimum absolute atomic E-state index is 0.262. The molecular weight excluding hydrogens is 180 g/mol. The van der Waals surface area contributed by atoms with Crippen LogP contribution in [0.15, 0.2) is 12.4 Å². The summed E-state index contributed by atoms with van der Waals surface area (Å²) in [6.07, 6.45) is 4.12. The summed E-state index contributed by atoms with van der Waals surface area (Å²) in [5, 5.41) is 3.20. The topological polar surface area (TPSA) is 73.1 Å². The molecule has 0 spiro atoms. The van der Waals surface area contributed by atoms with Crippen LogP contribution in [0.25, 0.3) is 0 Å². The molecule has 5 nitrogen and oxygen atoms in total. The fourth-order valence-corrected chi connectivity index (χ4v) is 1.08. The van der Waals surface area contributed by atoms with E-state index in [1.165, 1.54) is 6.20 Å². The van der Waals surface area contributed by atoms with E-state index in [0.717, 1.165) is 12.2 Å². The van der Waals surface area contributed by atoms with Gasteiger partial charge in [0.1, 0.15) is 11.6 Å². The normalized spacial score (nSPS) is 12.4. The van der Waals surface area contributed by atoms with Crippen LogP contribution in [0, 0.1) is 0 Å². The highest BCUT2D eigenvalue weighted by Crippen LogP contribution is 2.05. The first kappa shape index (κ1) is 10.7. The fraction of sp³-hybridized carbons (Fsp3) is 0.556. The molecule has 1 unspecified atom stereocenters. The number of nitrogens with one attached hydrogen (secondary N) is 1. The Morgan fingerprint density at radius 1 is 1.50 bits per heavy atom. The first-order valence-electron chi connectivity index (χ1n) is 4.59. The predicted molar refractivity (Wildman–Crippen MR) is 56.0 cm³/mol. The van der Waals surface area contributed by atoms with Crippen molar-refractivity contribution in [2.75, 3.05) is 24.8 Å².